The van der Waals surface area contributed by atoms with Crippen LogP contribution in [0.15, 0.2) is 66.9 Å². The number of halogens is 1. The number of pyridine rings is 1. The van der Waals surface area contributed by atoms with Crippen molar-refractivity contribution in [2.75, 3.05) is 10.6 Å². The monoisotopic (exact) mass is 337 g/mol. The molecule has 0 radical (unpaired) electrons. The first kappa shape index (κ1) is 16.0. The Hall–Kier alpha value is -2.85. The lowest BCUT2D eigenvalue weighted by Crippen LogP contribution is -2.13. The first-order chi connectivity index (χ1) is 11.6. The molecule has 0 bridgehead atoms. The van der Waals surface area contributed by atoms with Crippen LogP contribution in [0.5, 0.6) is 0 Å². The Balaban J connectivity index is 1.76. The van der Waals surface area contributed by atoms with Crippen LogP contribution in [0.25, 0.3) is 0 Å². The summed E-state index contributed by atoms with van der Waals surface area (Å²) in [5.74, 6) is -0.254. The zero-order valence-electron chi connectivity index (χ0n) is 13.1. The number of aromatic nitrogens is 1. The van der Waals surface area contributed by atoms with Crippen molar-refractivity contribution < 1.29 is 4.79 Å². The van der Waals surface area contributed by atoms with Crippen molar-refractivity contribution in [1.29, 1.82) is 0 Å². The Morgan fingerprint density at radius 1 is 0.958 bits per heavy atom. The average Bonchev–Trinajstić information content (AvgIpc) is 2.55. The van der Waals surface area contributed by atoms with E-state index in [-0.39, 0.29) is 5.91 Å². The summed E-state index contributed by atoms with van der Waals surface area (Å²) >= 11 is 5.98. The lowest BCUT2D eigenvalue weighted by atomic mass is 10.2. The quantitative estimate of drug-likeness (QED) is 0.701. The number of nitrogens with zero attached hydrogens (tertiary/aromatic N) is 1. The van der Waals surface area contributed by atoms with Gasteiger partial charge in [0, 0.05) is 28.3 Å². The van der Waals surface area contributed by atoms with Crippen molar-refractivity contribution in [1.82, 2.24) is 4.98 Å². The van der Waals surface area contributed by atoms with Gasteiger partial charge in [-0.3, -0.25) is 9.78 Å². The minimum absolute atomic E-state index is 0.254. The molecule has 0 aliphatic carbocycles. The number of hydrogen-bond acceptors (Lipinski definition) is 3. The van der Waals surface area contributed by atoms with E-state index >= 15 is 0 Å². The molecule has 0 unspecified atom stereocenters. The molecular weight excluding hydrogens is 322 g/mol. The van der Waals surface area contributed by atoms with E-state index in [1.54, 1.807) is 24.4 Å². The average molecular weight is 338 g/mol. The third kappa shape index (κ3) is 4.12. The number of aryl methyl sites for hydroxylation is 1. The van der Waals surface area contributed by atoms with Crippen molar-refractivity contribution >= 4 is 34.6 Å². The van der Waals surface area contributed by atoms with Gasteiger partial charge in [-0.25, -0.2) is 0 Å². The summed E-state index contributed by atoms with van der Waals surface area (Å²) in [5, 5.41) is 6.70. The Bertz CT molecular complexity index is 880. The maximum absolute atomic E-state index is 12.4. The van der Waals surface area contributed by atoms with Gasteiger partial charge in [0.15, 0.2) is 0 Å². The molecule has 3 rings (SSSR count). The van der Waals surface area contributed by atoms with E-state index in [2.05, 4.69) is 15.6 Å². The maximum atomic E-state index is 12.4. The van der Waals surface area contributed by atoms with Crippen LogP contribution in [-0.4, -0.2) is 10.9 Å². The van der Waals surface area contributed by atoms with Gasteiger partial charge in [-0.2, -0.15) is 0 Å². The van der Waals surface area contributed by atoms with Gasteiger partial charge in [0.2, 0.25) is 0 Å². The lowest BCUT2D eigenvalue weighted by Gasteiger charge is -2.09. The fourth-order valence-corrected chi connectivity index (χ4v) is 2.47. The van der Waals surface area contributed by atoms with Gasteiger partial charge >= 0.3 is 0 Å². The molecule has 0 aliphatic heterocycles. The zero-order valence-corrected chi connectivity index (χ0v) is 13.8. The number of amides is 1. The topological polar surface area (TPSA) is 54.0 Å². The Morgan fingerprint density at radius 2 is 1.71 bits per heavy atom. The van der Waals surface area contributed by atoms with E-state index in [9.17, 15) is 4.79 Å². The van der Waals surface area contributed by atoms with E-state index in [1.807, 2.05) is 49.4 Å². The summed E-state index contributed by atoms with van der Waals surface area (Å²) in [6.45, 7) is 1.98. The first-order valence-electron chi connectivity index (χ1n) is 7.47. The Kier molecular flexibility index (Phi) is 4.77. The molecule has 4 nitrogen and oxygen atoms in total. The number of benzene rings is 2. The summed E-state index contributed by atoms with van der Waals surface area (Å²) in [5.41, 5.74) is 3.77. The predicted molar refractivity (Wildman–Crippen MR) is 98.1 cm³/mol. The van der Waals surface area contributed by atoms with E-state index in [4.69, 9.17) is 11.6 Å². The first-order valence-corrected chi connectivity index (χ1v) is 7.84. The molecule has 120 valence electrons. The standard InChI is InChI=1S/C19H16ClN3O/c1-13-4-2-6-15(10-13)23-19(24)18-12-17(8-9-21-18)22-16-7-3-5-14(20)11-16/h2-12H,1H3,(H,21,22)(H,23,24). The normalized spacial score (nSPS) is 10.2. The molecule has 0 saturated carbocycles. The molecule has 1 heterocycles. The van der Waals surface area contributed by atoms with Gasteiger partial charge in [-0.05, 0) is 55.0 Å². The van der Waals surface area contributed by atoms with Gasteiger partial charge in [-0.15, -0.1) is 0 Å². The molecule has 0 saturated heterocycles. The Morgan fingerprint density at radius 3 is 2.50 bits per heavy atom. The lowest BCUT2D eigenvalue weighted by molar-refractivity contribution is 0.102. The summed E-state index contributed by atoms with van der Waals surface area (Å²) in [6.07, 6.45) is 1.60. The van der Waals surface area contributed by atoms with E-state index in [0.717, 1.165) is 22.6 Å². The van der Waals surface area contributed by atoms with E-state index in [1.165, 1.54) is 0 Å². The molecule has 3 aromatic rings. The number of carbonyl (C=O) groups is 1. The molecule has 1 aromatic heterocycles. The third-order valence-electron chi connectivity index (χ3n) is 3.38. The van der Waals surface area contributed by atoms with Crippen LogP contribution < -0.4 is 10.6 Å². The molecule has 0 atom stereocenters. The minimum atomic E-state index is -0.254. The highest BCUT2D eigenvalue weighted by atomic mass is 35.5. The van der Waals surface area contributed by atoms with Crippen LogP contribution in [-0.2, 0) is 0 Å². The summed E-state index contributed by atoms with van der Waals surface area (Å²) in [6, 6.07) is 18.5. The molecule has 5 heteroatoms. The van der Waals surface area contributed by atoms with E-state index in [0.29, 0.717) is 10.7 Å². The van der Waals surface area contributed by atoms with Crippen LogP contribution in [0.4, 0.5) is 17.1 Å². The minimum Gasteiger partial charge on any atom is -0.355 e. The predicted octanol–water partition coefficient (Wildman–Crippen LogP) is 5.04. The fraction of sp³-hybridized carbons (Fsp3) is 0.0526. The van der Waals surface area contributed by atoms with Crippen molar-refractivity contribution in [3.63, 3.8) is 0 Å². The van der Waals surface area contributed by atoms with Gasteiger partial charge < -0.3 is 10.6 Å². The van der Waals surface area contributed by atoms with Crippen LogP contribution in [0.1, 0.15) is 16.1 Å². The Labute approximate surface area is 145 Å². The number of hydrogen-bond donors (Lipinski definition) is 2. The molecule has 2 aromatic carbocycles. The number of nitrogens with one attached hydrogen (secondary N) is 2. The molecule has 0 spiro atoms. The highest BCUT2D eigenvalue weighted by Gasteiger charge is 2.09. The second kappa shape index (κ2) is 7.15. The maximum Gasteiger partial charge on any atom is 0.274 e. The van der Waals surface area contributed by atoms with Crippen LogP contribution in [0, 0.1) is 6.92 Å². The summed E-state index contributed by atoms with van der Waals surface area (Å²) in [4.78, 5) is 16.5. The van der Waals surface area contributed by atoms with Crippen molar-refractivity contribution in [3.8, 4) is 0 Å². The molecule has 0 aliphatic rings. The summed E-state index contributed by atoms with van der Waals surface area (Å²) in [7, 11) is 0. The molecule has 1 amide bonds. The molecular formula is C19H16ClN3O. The largest absolute Gasteiger partial charge is 0.355 e. The van der Waals surface area contributed by atoms with Crippen molar-refractivity contribution in [3.05, 3.63) is 83.1 Å². The third-order valence-corrected chi connectivity index (χ3v) is 3.62. The second-order valence-corrected chi connectivity index (χ2v) is 5.83. The van der Waals surface area contributed by atoms with Gasteiger partial charge in [0.25, 0.3) is 5.91 Å². The highest BCUT2D eigenvalue weighted by molar-refractivity contribution is 6.30. The number of anilines is 3. The van der Waals surface area contributed by atoms with Crippen LogP contribution in [0.3, 0.4) is 0 Å². The van der Waals surface area contributed by atoms with Crippen molar-refractivity contribution in [2.24, 2.45) is 0 Å². The number of rotatable bonds is 4. The molecule has 24 heavy (non-hydrogen) atoms. The zero-order chi connectivity index (χ0) is 16.9. The van der Waals surface area contributed by atoms with E-state index < -0.39 is 0 Å². The second-order valence-electron chi connectivity index (χ2n) is 5.39. The number of carbonyl (C=O) groups excluding carboxylic acids is 1. The van der Waals surface area contributed by atoms with Crippen molar-refractivity contribution in [2.45, 2.75) is 6.92 Å². The summed E-state index contributed by atoms with van der Waals surface area (Å²) < 4.78 is 0. The van der Waals surface area contributed by atoms with Gasteiger partial charge in [0.05, 0.1) is 0 Å². The van der Waals surface area contributed by atoms with Gasteiger partial charge in [-0.1, -0.05) is 29.8 Å². The fourth-order valence-electron chi connectivity index (χ4n) is 2.28. The smallest absolute Gasteiger partial charge is 0.274 e. The molecule has 2 N–H and O–H groups in total. The highest BCUT2D eigenvalue weighted by Crippen LogP contribution is 2.20. The van der Waals surface area contributed by atoms with Crippen LogP contribution >= 0.6 is 11.6 Å². The van der Waals surface area contributed by atoms with Gasteiger partial charge in [0.1, 0.15) is 5.69 Å². The molecule has 0 fully saturated rings. The van der Waals surface area contributed by atoms with Crippen LogP contribution in [0.2, 0.25) is 5.02 Å². The SMILES string of the molecule is Cc1cccc(NC(=O)c2cc(Nc3cccc(Cl)c3)ccn2)c1.